The first-order valence-electron chi connectivity index (χ1n) is 3.86. The molecule has 7 heteroatoms. The number of hydrogen-bond donors (Lipinski definition) is 1. The van der Waals surface area contributed by atoms with Crippen LogP contribution in [0.3, 0.4) is 0 Å². The maximum atomic E-state index is 11.7. The van der Waals surface area contributed by atoms with Crippen LogP contribution in [0.2, 0.25) is 0 Å². The summed E-state index contributed by atoms with van der Waals surface area (Å²) >= 11 is 2.97. The fraction of sp³-hybridized carbons (Fsp3) is 0.857. The van der Waals surface area contributed by atoms with E-state index in [1.165, 1.54) is 7.11 Å². The number of alkyl halides is 4. The van der Waals surface area contributed by atoms with Gasteiger partial charge in [-0.1, -0.05) is 15.9 Å². The Balaban J connectivity index is 3.50. The highest BCUT2D eigenvalue weighted by molar-refractivity contribution is 9.10. The van der Waals surface area contributed by atoms with Crippen LogP contribution in [0.25, 0.3) is 0 Å². The van der Waals surface area contributed by atoms with E-state index in [-0.39, 0.29) is 13.1 Å². The van der Waals surface area contributed by atoms with Crippen molar-refractivity contribution in [3.05, 3.63) is 0 Å². The molecule has 0 aromatic carbocycles. The smallest absolute Gasteiger partial charge is 0.390 e. The molecule has 84 valence electrons. The molecule has 0 aliphatic rings. The van der Waals surface area contributed by atoms with E-state index in [0.29, 0.717) is 0 Å². The van der Waals surface area contributed by atoms with Gasteiger partial charge >= 0.3 is 12.1 Å². The molecule has 0 aromatic heterocycles. The lowest BCUT2D eigenvalue weighted by Crippen LogP contribution is -2.31. The van der Waals surface area contributed by atoms with Gasteiger partial charge in [0.2, 0.25) is 0 Å². The quantitative estimate of drug-likeness (QED) is 0.470. The third kappa shape index (κ3) is 7.14. The molecule has 0 amide bonds. The third-order valence-electron chi connectivity index (χ3n) is 1.37. The first kappa shape index (κ1) is 13.7. The summed E-state index contributed by atoms with van der Waals surface area (Å²) in [7, 11) is 1.21. The second kappa shape index (κ2) is 6.23. The van der Waals surface area contributed by atoms with Gasteiger partial charge in [0.25, 0.3) is 0 Å². The predicted molar refractivity (Wildman–Crippen MR) is 48.3 cm³/mol. The van der Waals surface area contributed by atoms with Gasteiger partial charge in [-0.15, -0.1) is 0 Å². The predicted octanol–water partition coefficient (Wildman–Crippen LogP) is 1.46. The molecule has 0 heterocycles. The van der Waals surface area contributed by atoms with E-state index in [1.54, 1.807) is 0 Å². The largest absolute Gasteiger partial charge is 0.468 e. The van der Waals surface area contributed by atoms with E-state index in [0.717, 1.165) is 0 Å². The molecule has 1 unspecified atom stereocenters. The van der Waals surface area contributed by atoms with Gasteiger partial charge in [-0.3, -0.25) is 4.79 Å². The average Bonchev–Trinajstić information content (AvgIpc) is 2.09. The summed E-state index contributed by atoms with van der Waals surface area (Å²) in [5, 5.41) is 2.49. The Kier molecular flexibility index (Phi) is 6.10. The second-order valence-electron chi connectivity index (χ2n) is 2.56. The summed E-state index contributed by atoms with van der Waals surface area (Å²) < 4.78 is 39.3. The first-order chi connectivity index (χ1) is 6.37. The van der Waals surface area contributed by atoms with E-state index < -0.39 is 23.4 Å². The Labute approximate surface area is 88.1 Å². The van der Waals surface area contributed by atoms with Gasteiger partial charge in [0, 0.05) is 13.1 Å². The minimum Gasteiger partial charge on any atom is -0.468 e. The highest BCUT2D eigenvalue weighted by Gasteiger charge is 2.26. The van der Waals surface area contributed by atoms with Crippen molar-refractivity contribution in [2.24, 2.45) is 0 Å². The van der Waals surface area contributed by atoms with Gasteiger partial charge in [-0.05, 0) is 0 Å². The van der Waals surface area contributed by atoms with Crippen LogP contribution < -0.4 is 5.32 Å². The summed E-state index contributed by atoms with van der Waals surface area (Å²) in [6.45, 7) is -0.0919. The van der Waals surface area contributed by atoms with Crippen LogP contribution in [0.15, 0.2) is 0 Å². The maximum Gasteiger partial charge on any atom is 0.390 e. The topological polar surface area (TPSA) is 38.3 Å². The zero-order valence-corrected chi connectivity index (χ0v) is 9.11. The molecule has 0 aromatic rings. The Morgan fingerprint density at radius 1 is 1.57 bits per heavy atom. The number of carbonyl (C=O) groups is 1. The van der Waals surface area contributed by atoms with Crippen molar-refractivity contribution in [2.75, 3.05) is 20.2 Å². The lowest BCUT2D eigenvalue weighted by Gasteiger charge is -2.10. The van der Waals surface area contributed by atoms with Gasteiger partial charge in [-0.25, -0.2) is 0 Å². The molecular weight excluding hydrogens is 267 g/mol. The highest BCUT2D eigenvalue weighted by atomic mass is 79.9. The van der Waals surface area contributed by atoms with E-state index in [9.17, 15) is 18.0 Å². The number of methoxy groups -OCH3 is 1. The van der Waals surface area contributed by atoms with E-state index in [1.807, 2.05) is 0 Å². The summed E-state index contributed by atoms with van der Waals surface area (Å²) in [5.41, 5.74) is 0. The number of esters is 1. The molecule has 0 fully saturated rings. The van der Waals surface area contributed by atoms with Gasteiger partial charge in [0.15, 0.2) is 0 Å². The van der Waals surface area contributed by atoms with Crippen molar-refractivity contribution in [1.82, 2.24) is 5.32 Å². The van der Waals surface area contributed by atoms with Crippen molar-refractivity contribution in [2.45, 2.75) is 17.4 Å². The Morgan fingerprint density at radius 3 is 2.57 bits per heavy atom. The zero-order chi connectivity index (χ0) is 11.2. The number of carbonyl (C=O) groups excluding carboxylic acids is 1. The number of ether oxygens (including phenoxy) is 1. The standard InChI is InChI=1S/C7H11BrF3NO2/c1-14-6(13)5(8)4-12-3-2-7(9,10)11/h5,12H,2-4H2,1H3. The average molecular weight is 278 g/mol. The van der Waals surface area contributed by atoms with Gasteiger partial charge in [0.05, 0.1) is 13.5 Å². The fourth-order valence-electron chi connectivity index (χ4n) is 0.670. The Hall–Kier alpha value is -0.300. The second-order valence-corrected chi connectivity index (χ2v) is 3.67. The first-order valence-corrected chi connectivity index (χ1v) is 4.77. The number of hydrogen-bond acceptors (Lipinski definition) is 3. The third-order valence-corrected chi connectivity index (χ3v) is 2.06. The molecule has 0 saturated heterocycles. The van der Waals surface area contributed by atoms with Crippen LogP contribution in [0.4, 0.5) is 13.2 Å². The fourth-order valence-corrected chi connectivity index (χ4v) is 1.09. The number of halogens is 4. The highest BCUT2D eigenvalue weighted by Crippen LogP contribution is 2.18. The molecule has 0 saturated carbocycles. The van der Waals surface area contributed by atoms with Gasteiger partial charge in [-0.2, -0.15) is 13.2 Å². The molecule has 0 spiro atoms. The lowest BCUT2D eigenvalue weighted by atomic mass is 10.4. The summed E-state index contributed by atoms with van der Waals surface area (Å²) in [6, 6.07) is 0. The number of rotatable bonds is 5. The summed E-state index contributed by atoms with van der Waals surface area (Å²) in [5.74, 6) is -0.510. The molecule has 14 heavy (non-hydrogen) atoms. The van der Waals surface area contributed by atoms with Crippen molar-refractivity contribution in [3.63, 3.8) is 0 Å². The van der Waals surface area contributed by atoms with Crippen molar-refractivity contribution in [3.8, 4) is 0 Å². The summed E-state index contributed by atoms with van der Waals surface area (Å²) in [6.07, 6.45) is -5.08. The van der Waals surface area contributed by atoms with Crippen LogP contribution in [0, 0.1) is 0 Å². The molecule has 1 N–H and O–H groups in total. The van der Waals surface area contributed by atoms with Crippen molar-refractivity contribution in [1.29, 1.82) is 0 Å². The molecule has 0 aliphatic heterocycles. The zero-order valence-electron chi connectivity index (χ0n) is 7.53. The maximum absolute atomic E-state index is 11.7. The molecule has 0 aliphatic carbocycles. The molecule has 3 nitrogen and oxygen atoms in total. The van der Waals surface area contributed by atoms with Crippen LogP contribution in [-0.2, 0) is 9.53 Å². The van der Waals surface area contributed by atoms with Gasteiger partial charge < -0.3 is 10.1 Å². The van der Waals surface area contributed by atoms with Crippen molar-refractivity contribution >= 4 is 21.9 Å². The van der Waals surface area contributed by atoms with Crippen LogP contribution in [-0.4, -0.2) is 37.2 Å². The SMILES string of the molecule is COC(=O)C(Br)CNCCC(F)(F)F. The monoisotopic (exact) mass is 277 g/mol. The molecule has 1 atom stereocenters. The minimum atomic E-state index is -4.17. The van der Waals surface area contributed by atoms with Crippen LogP contribution >= 0.6 is 15.9 Å². The molecule has 0 radical (unpaired) electrons. The molecule has 0 bridgehead atoms. The minimum absolute atomic E-state index is 0.114. The van der Waals surface area contributed by atoms with Crippen molar-refractivity contribution < 1.29 is 22.7 Å². The van der Waals surface area contributed by atoms with Gasteiger partial charge in [0.1, 0.15) is 4.83 Å². The summed E-state index contributed by atoms with van der Waals surface area (Å²) in [4.78, 5) is 10.2. The van der Waals surface area contributed by atoms with E-state index in [4.69, 9.17) is 0 Å². The van der Waals surface area contributed by atoms with Crippen LogP contribution in [0.5, 0.6) is 0 Å². The lowest BCUT2D eigenvalue weighted by molar-refractivity contribution is -0.139. The van der Waals surface area contributed by atoms with E-state index >= 15 is 0 Å². The molecular formula is C7H11BrF3NO2. The Morgan fingerprint density at radius 2 is 2.14 bits per heavy atom. The Bertz CT molecular complexity index is 186. The van der Waals surface area contributed by atoms with Crippen LogP contribution in [0.1, 0.15) is 6.42 Å². The molecule has 0 rings (SSSR count). The number of nitrogens with one attached hydrogen (secondary N) is 1. The van der Waals surface area contributed by atoms with E-state index in [2.05, 4.69) is 26.0 Å². The normalized spacial score (nSPS) is 13.8.